The molecule has 1 aliphatic carbocycles. The summed E-state index contributed by atoms with van der Waals surface area (Å²) in [7, 11) is 0. The van der Waals surface area contributed by atoms with Crippen LogP contribution in [0.2, 0.25) is 0 Å². The zero-order valence-electron chi connectivity index (χ0n) is 8.74. The number of hydrogen-bond acceptors (Lipinski definition) is 1. The van der Waals surface area contributed by atoms with E-state index in [2.05, 4.69) is 20.9 Å². The highest BCUT2D eigenvalue weighted by Crippen LogP contribution is 2.59. The lowest BCUT2D eigenvalue weighted by atomic mass is 9.98. The van der Waals surface area contributed by atoms with Crippen LogP contribution in [-0.4, -0.2) is 11.2 Å². The molecule has 16 heavy (non-hydrogen) atoms. The van der Waals surface area contributed by atoms with E-state index in [1.165, 1.54) is 0 Å². The lowest BCUT2D eigenvalue weighted by Crippen LogP contribution is -2.27. The second-order valence-electron chi connectivity index (χ2n) is 4.38. The molecule has 1 aliphatic rings. The third-order valence-electron chi connectivity index (χ3n) is 3.08. The molecule has 0 atom stereocenters. The van der Waals surface area contributed by atoms with Crippen LogP contribution < -0.4 is 0 Å². The van der Waals surface area contributed by atoms with E-state index in [0.717, 1.165) is 10.0 Å². The Labute approximate surface area is 100 Å². The van der Waals surface area contributed by atoms with Gasteiger partial charge in [-0.15, -0.1) is 0 Å². The Morgan fingerprint density at radius 2 is 2.06 bits per heavy atom. The monoisotopic (exact) mass is 293 g/mol. The van der Waals surface area contributed by atoms with Gasteiger partial charge in [-0.2, -0.15) is 13.2 Å². The molecule has 1 saturated carbocycles. The highest BCUT2D eigenvalue weighted by molar-refractivity contribution is 9.10. The van der Waals surface area contributed by atoms with Crippen molar-refractivity contribution < 1.29 is 13.2 Å². The van der Waals surface area contributed by atoms with Crippen LogP contribution >= 0.6 is 15.9 Å². The molecule has 1 aromatic rings. The summed E-state index contributed by atoms with van der Waals surface area (Å²) in [5.41, 5.74) is -0.0567. The first kappa shape index (κ1) is 11.9. The van der Waals surface area contributed by atoms with Crippen LogP contribution in [0, 0.1) is 12.3 Å². The van der Waals surface area contributed by atoms with Crippen molar-refractivity contribution in [2.24, 2.45) is 5.41 Å². The molecule has 0 amide bonds. The predicted octanol–water partition coefficient (Wildman–Crippen LogP) is 4.04. The second-order valence-corrected chi connectivity index (χ2v) is 5.23. The standard InChI is InChI=1S/C11H11BrF3N/c1-7-4-8(16-6-9(7)12)5-10(2-3-10)11(13,14)15/h4,6H,2-3,5H2,1H3. The molecule has 0 radical (unpaired) electrons. The van der Waals surface area contributed by atoms with Gasteiger partial charge in [0.2, 0.25) is 0 Å². The summed E-state index contributed by atoms with van der Waals surface area (Å²) in [5, 5.41) is 0. The largest absolute Gasteiger partial charge is 0.394 e. The summed E-state index contributed by atoms with van der Waals surface area (Å²) in [6, 6.07) is 1.72. The van der Waals surface area contributed by atoms with Crippen molar-refractivity contribution in [1.29, 1.82) is 0 Å². The van der Waals surface area contributed by atoms with Crippen molar-refractivity contribution >= 4 is 15.9 Å². The number of aryl methyl sites for hydroxylation is 1. The van der Waals surface area contributed by atoms with Gasteiger partial charge in [-0.3, -0.25) is 4.98 Å². The summed E-state index contributed by atoms with van der Waals surface area (Å²) >= 11 is 3.28. The van der Waals surface area contributed by atoms with E-state index in [0.29, 0.717) is 5.69 Å². The predicted molar refractivity (Wildman–Crippen MR) is 58.1 cm³/mol. The molecule has 1 fully saturated rings. The summed E-state index contributed by atoms with van der Waals surface area (Å²) in [6.45, 7) is 1.85. The molecular weight excluding hydrogens is 283 g/mol. The van der Waals surface area contributed by atoms with Gasteiger partial charge < -0.3 is 0 Å². The molecule has 2 rings (SSSR count). The van der Waals surface area contributed by atoms with Crippen LogP contribution in [0.4, 0.5) is 13.2 Å². The molecule has 1 heterocycles. The maximum absolute atomic E-state index is 12.7. The lowest BCUT2D eigenvalue weighted by Gasteiger charge is -2.18. The van der Waals surface area contributed by atoms with Gasteiger partial charge in [0.15, 0.2) is 0 Å². The Hall–Kier alpha value is -0.580. The maximum Gasteiger partial charge on any atom is 0.394 e. The number of pyridine rings is 1. The van der Waals surface area contributed by atoms with Gasteiger partial charge in [0.1, 0.15) is 0 Å². The van der Waals surface area contributed by atoms with Gasteiger partial charge >= 0.3 is 6.18 Å². The molecule has 0 spiro atoms. The van der Waals surface area contributed by atoms with Crippen molar-refractivity contribution in [2.45, 2.75) is 32.4 Å². The Kier molecular flexibility index (Phi) is 2.77. The smallest absolute Gasteiger partial charge is 0.260 e. The average molecular weight is 294 g/mol. The first-order valence-corrected chi connectivity index (χ1v) is 5.81. The van der Waals surface area contributed by atoms with Gasteiger partial charge in [0.05, 0.1) is 5.41 Å². The third-order valence-corrected chi connectivity index (χ3v) is 3.91. The average Bonchev–Trinajstić information content (AvgIpc) is 2.91. The second kappa shape index (κ2) is 3.72. The third kappa shape index (κ3) is 2.10. The SMILES string of the molecule is Cc1cc(CC2(C(F)(F)F)CC2)ncc1Br. The van der Waals surface area contributed by atoms with E-state index >= 15 is 0 Å². The highest BCUT2D eigenvalue weighted by Gasteiger charge is 2.62. The Morgan fingerprint density at radius 3 is 2.50 bits per heavy atom. The van der Waals surface area contributed by atoms with Crippen molar-refractivity contribution in [1.82, 2.24) is 4.98 Å². The van der Waals surface area contributed by atoms with Crippen molar-refractivity contribution in [3.8, 4) is 0 Å². The normalized spacial score (nSPS) is 18.6. The number of nitrogens with zero attached hydrogens (tertiary/aromatic N) is 1. The van der Waals surface area contributed by atoms with Gasteiger partial charge in [-0.25, -0.2) is 0 Å². The molecule has 1 nitrogen and oxygen atoms in total. The van der Waals surface area contributed by atoms with Crippen LogP contribution in [0.1, 0.15) is 24.1 Å². The Morgan fingerprint density at radius 1 is 1.44 bits per heavy atom. The van der Waals surface area contributed by atoms with Crippen molar-refractivity contribution in [3.63, 3.8) is 0 Å². The lowest BCUT2D eigenvalue weighted by molar-refractivity contribution is -0.186. The van der Waals surface area contributed by atoms with Gasteiger partial charge in [0.25, 0.3) is 0 Å². The maximum atomic E-state index is 12.7. The van der Waals surface area contributed by atoms with Crippen LogP contribution in [0.5, 0.6) is 0 Å². The highest BCUT2D eigenvalue weighted by atomic mass is 79.9. The fraction of sp³-hybridized carbons (Fsp3) is 0.545. The first-order valence-electron chi connectivity index (χ1n) is 5.02. The van der Waals surface area contributed by atoms with E-state index in [-0.39, 0.29) is 19.3 Å². The van der Waals surface area contributed by atoms with Gasteiger partial charge in [0, 0.05) is 22.8 Å². The van der Waals surface area contributed by atoms with E-state index in [1.54, 1.807) is 12.3 Å². The van der Waals surface area contributed by atoms with E-state index in [4.69, 9.17) is 0 Å². The minimum Gasteiger partial charge on any atom is -0.260 e. The molecule has 5 heteroatoms. The fourth-order valence-corrected chi connectivity index (χ4v) is 1.97. The van der Waals surface area contributed by atoms with Crippen LogP contribution in [0.25, 0.3) is 0 Å². The zero-order chi connectivity index (χ0) is 12.0. The number of halogens is 4. The summed E-state index contributed by atoms with van der Waals surface area (Å²) < 4.78 is 39.0. The van der Waals surface area contributed by atoms with Gasteiger partial charge in [-0.1, -0.05) is 0 Å². The van der Waals surface area contributed by atoms with Crippen LogP contribution in [0.3, 0.4) is 0 Å². The molecule has 0 N–H and O–H groups in total. The van der Waals surface area contributed by atoms with Crippen LogP contribution in [0.15, 0.2) is 16.7 Å². The number of alkyl halides is 3. The summed E-state index contributed by atoms with van der Waals surface area (Å²) in [5.74, 6) is 0. The molecule has 0 unspecified atom stereocenters. The van der Waals surface area contributed by atoms with Crippen molar-refractivity contribution in [2.75, 3.05) is 0 Å². The minimum absolute atomic E-state index is 0.00458. The molecule has 88 valence electrons. The zero-order valence-corrected chi connectivity index (χ0v) is 10.3. The van der Waals surface area contributed by atoms with Crippen molar-refractivity contribution in [3.05, 3.63) is 28.0 Å². The number of rotatable bonds is 2. The molecule has 0 saturated heterocycles. The summed E-state index contributed by atoms with van der Waals surface area (Å²) in [6.07, 6.45) is -2.07. The molecular formula is C11H11BrF3N. The summed E-state index contributed by atoms with van der Waals surface area (Å²) in [4.78, 5) is 4.03. The minimum atomic E-state index is -4.10. The van der Waals surface area contributed by atoms with Gasteiger partial charge in [-0.05, 0) is 47.3 Å². The molecule has 0 aliphatic heterocycles. The Balaban J connectivity index is 2.19. The molecule has 1 aromatic heterocycles. The van der Waals surface area contributed by atoms with E-state index in [9.17, 15) is 13.2 Å². The first-order chi connectivity index (χ1) is 7.34. The quantitative estimate of drug-likeness (QED) is 0.802. The van der Waals surface area contributed by atoms with E-state index in [1.807, 2.05) is 6.92 Å². The molecule has 0 aromatic carbocycles. The number of hydrogen-bond donors (Lipinski definition) is 0. The number of aromatic nitrogens is 1. The van der Waals surface area contributed by atoms with E-state index < -0.39 is 11.6 Å². The van der Waals surface area contributed by atoms with Crippen LogP contribution in [-0.2, 0) is 6.42 Å². The Bertz CT molecular complexity index is 410. The fourth-order valence-electron chi connectivity index (χ4n) is 1.75. The topological polar surface area (TPSA) is 12.9 Å². The molecule has 0 bridgehead atoms.